The smallest absolute Gasteiger partial charge is 0.335 e. The molecule has 0 aliphatic heterocycles. The summed E-state index contributed by atoms with van der Waals surface area (Å²) in [4.78, 5) is 14.7. The Labute approximate surface area is 99.2 Å². The van der Waals surface area contributed by atoms with Crippen LogP contribution in [0.2, 0.25) is 0 Å². The lowest BCUT2D eigenvalue weighted by atomic mass is 10.1. The average molecular weight is 283 g/mol. The molecule has 6 heteroatoms. The van der Waals surface area contributed by atoms with E-state index in [0.717, 1.165) is 5.56 Å². The number of halogens is 1. The minimum absolute atomic E-state index is 0.230. The van der Waals surface area contributed by atoms with Gasteiger partial charge in [0.15, 0.2) is 0 Å². The summed E-state index contributed by atoms with van der Waals surface area (Å²) < 4.78 is 4.92. The number of hydrogen-bond donors (Lipinski definition) is 1. The van der Waals surface area contributed by atoms with E-state index in [4.69, 9.17) is 9.63 Å². The molecule has 82 valence electrons. The van der Waals surface area contributed by atoms with E-state index in [1.165, 1.54) is 12.1 Å². The van der Waals surface area contributed by atoms with Gasteiger partial charge in [0.1, 0.15) is 0 Å². The van der Waals surface area contributed by atoms with Gasteiger partial charge in [0.05, 0.1) is 10.9 Å². The maximum absolute atomic E-state index is 10.6. The number of carboxylic acids is 1. The molecule has 5 nitrogen and oxygen atoms in total. The number of aromatic nitrogens is 2. The fourth-order valence-corrected chi connectivity index (χ4v) is 1.42. The zero-order chi connectivity index (χ0) is 11.5. The van der Waals surface area contributed by atoms with Crippen LogP contribution in [0.15, 0.2) is 28.8 Å². The first-order valence-electron chi connectivity index (χ1n) is 4.43. The molecule has 0 aliphatic rings. The maximum Gasteiger partial charge on any atom is 0.335 e. The molecule has 0 bridgehead atoms. The molecule has 0 spiro atoms. The monoisotopic (exact) mass is 282 g/mol. The van der Waals surface area contributed by atoms with Crippen molar-refractivity contribution in [2.75, 3.05) is 0 Å². The number of aromatic carboxylic acids is 1. The predicted octanol–water partition coefficient (Wildman–Crippen LogP) is 2.33. The number of hydrogen-bond acceptors (Lipinski definition) is 4. The third-order valence-corrected chi connectivity index (χ3v) is 2.45. The van der Waals surface area contributed by atoms with Gasteiger partial charge in [-0.05, 0) is 12.1 Å². The van der Waals surface area contributed by atoms with Gasteiger partial charge in [0, 0.05) is 5.56 Å². The van der Waals surface area contributed by atoms with E-state index >= 15 is 0 Å². The Bertz CT molecular complexity index is 507. The Morgan fingerprint density at radius 3 is 2.56 bits per heavy atom. The second-order valence-corrected chi connectivity index (χ2v) is 3.59. The van der Waals surface area contributed by atoms with Crippen molar-refractivity contribution in [1.29, 1.82) is 0 Å². The Kier molecular flexibility index (Phi) is 3.00. The summed E-state index contributed by atoms with van der Waals surface area (Å²) in [6.45, 7) is 0. The van der Waals surface area contributed by atoms with Crippen LogP contribution >= 0.6 is 15.9 Å². The largest absolute Gasteiger partial charge is 0.478 e. The van der Waals surface area contributed by atoms with Crippen molar-refractivity contribution in [2.45, 2.75) is 5.33 Å². The first-order chi connectivity index (χ1) is 7.70. The fraction of sp³-hybridized carbons (Fsp3) is 0.100. The third kappa shape index (κ3) is 2.11. The number of carboxylic acid groups (broad SMARTS) is 1. The number of carbonyl (C=O) groups is 1. The molecule has 0 saturated carbocycles. The van der Waals surface area contributed by atoms with Crippen LogP contribution in [0.4, 0.5) is 0 Å². The zero-order valence-electron chi connectivity index (χ0n) is 8.05. The van der Waals surface area contributed by atoms with Crippen LogP contribution in [-0.2, 0) is 5.33 Å². The topological polar surface area (TPSA) is 76.2 Å². The summed E-state index contributed by atoms with van der Waals surface area (Å²) >= 11 is 3.20. The molecule has 0 aliphatic carbocycles. The number of benzene rings is 1. The van der Waals surface area contributed by atoms with Crippen molar-refractivity contribution in [3.63, 3.8) is 0 Å². The van der Waals surface area contributed by atoms with Gasteiger partial charge in [-0.15, -0.1) is 0 Å². The van der Waals surface area contributed by atoms with Crippen LogP contribution in [0.25, 0.3) is 11.4 Å². The van der Waals surface area contributed by atoms with Crippen LogP contribution in [-0.4, -0.2) is 21.2 Å². The second kappa shape index (κ2) is 4.44. The highest BCUT2D eigenvalue weighted by molar-refractivity contribution is 9.08. The quantitative estimate of drug-likeness (QED) is 0.875. The Morgan fingerprint density at radius 1 is 1.38 bits per heavy atom. The van der Waals surface area contributed by atoms with Crippen molar-refractivity contribution in [2.24, 2.45) is 0 Å². The molecule has 1 N–H and O–H groups in total. The van der Waals surface area contributed by atoms with Crippen molar-refractivity contribution in [3.05, 3.63) is 35.7 Å². The lowest BCUT2D eigenvalue weighted by molar-refractivity contribution is 0.0697. The van der Waals surface area contributed by atoms with E-state index < -0.39 is 5.97 Å². The van der Waals surface area contributed by atoms with Gasteiger partial charge in [0.25, 0.3) is 0 Å². The lowest BCUT2D eigenvalue weighted by Gasteiger charge is -1.95. The Hall–Kier alpha value is -1.69. The normalized spacial score (nSPS) is 10.3. The van der Waals surface area contributed by atoms with Gasteiger partial charge in [-0.25, -0.2) is 4.79 Å². The van der Waals surface area contributed by atoms with Gasteiger partial charge < -0.3 is 9.63 Å². The summed E-state index contributed by atoms with van der Waals surface area (Å²) in [6.07, 6.45) is 0. The van der Waals surface area contributed by atoms with Crippen molar-refractivity contribution < 1.29 is 14.4 Å². The molecule has 0 fully saturated rings. The summed E-state index contributed by atoms with van der Waals surface area (Å²) in [6, 6.07) is 6.29. The van der Waals surface area contributed by atoms with E-state index in [1.54, 1.807) is 12.1 Å². The first kappa shape index (κ1) is 10.8. The van der Waals surface area contributed by atoms with Crippen LogP contribution in [0, 0.1) is 0 Å². The third-order valence-electron chi connectivity index (χ3n) is 1.97. The van der Waals surface area contributed by atoms with Crippen molar-refractivity contribution in [1.82, 2.24) is 10.1 Å². The number of nitrogens with zero attached hydrogens (tertiary/aromatic N) is 2. The highest BCUT2D eigenvalue weighted by Gasteiger charge is 2.08. The standard InChI is InChI=1S/C10H7BrN2O3/c11-5-8-12-9(13-16-8)6-1-3-7(4-2-6)10(14)15/h1-4H,5H2,(H,14,15). The second-order valence-electron chi connectivity index (χ2n) is 3.03. The van der Waals surface area contributed by atoms with Crippen LogP contribution in [0.1, 0.15) is 16.2 Å². The van der Waals surface area contributed by atoms with Crippen LogP contribution in [0.3, 0.4) is 0 Å². The maximum atomic E-state index is 10.6. The highest BCUT2D eigenvalue weighted by atomic mass is 79.9. The van der Waals surface area contributed by atoms with E-state index in [1.807, 2.05) is 0 Å². The summed E-state index contributed by atoms with van der Waals surface area (Å²) in [7, 11) is 0. The molecule has 1 aromatic carbocycles. The Balaban J connectivity index is 2.30. The molecule has 1 heterocycles. The van der Waals surface area contributed by atoms with Crippen molar-refractivity contribution in [3.8, 4) is 11.4 Å². The zero-order valence-corrected chi connectivity index (χ0v) is 9.64. The molecule has 2 aromatic rings. The van der Waals surface area contributed by atoms with Crippen LogP contribution in [0.5, 0.6) is 0 Å². The molecular formula is C10H7BrN2O3. The molecule has 16 heavy (non-hydrogen) atoms. The van der Waals surface area contributed by atoms with Gasteiger partial charge in [-0.2, -0.15) is 4.98 Å². The molecule has 0 unspecified atom stereocenters. The van der Waals surface area contributed by atoms with Gasteiger partial charge in [-0.3, -0.25) is 0 Å². The Morgan fingerprint density at radius 2 is 2.06 bits per heavy atom. The molecular weight excluding hydrogens is 276 g/mol. The summed E-state index contributed by atoms with van der Waals surface area (Å²) in [5.74, 6) is -0.0236. The first-order valence-corrected chi connectivity index (χ1v) is 5.55. The number of rotatable bonds is 3. The molecule has 0 saturated heterocycles. The SMILES string of the molecule is O=C(O)c1ccc(-c2noc(CBr)n2)cc1. The minimum atomic E-state index is -0.958. The van der Waals surface area contributed by atoms with Crippen molar-refractivity contribution >= 4 is 21.9 Å². The van der Waals surface area contributed by atoms with Gasteiger partial charge >= 0.3 is 5.97 Å². The van der Waals surface area contributed by atoms with E-state index in [2.05, 4.69) is 26.1 Å². The number of alkyl halides is 1. The van der Waals surface area contributed by atoms with Gasteiger partial charge in [-0.1, -0.05) is 33.2 Å². The highest BCUT2D eigenvalue weighted by Crippen LogP contribution is 2.17. The van der Waals surface area contributed by atoms with Crippen LogP contribution < -0.4 is 0 Å². The molecule has 0 atom stereocenters. The molecule has 1 aromatic heterocycles. The summed E-state index contributed by atoms with van der Waals surface area (Å²) in [5.41, 5.74) is 0.953. The average Bonchev–Trinajstić information content (AvgIpc) is 2.77. The van der Waals surface area contributed by atoms with Gasteiger partial charge in [0.2, 0.25) is 11.7 Å². The van der Waals surface area contributed by atoms with E-state index in [9.17, 15) is 4.79 Å². The minimum Gasteiger partial charge on any atom is -0.478 e. The summed E-state index contributed by atoms with van der Waals surface area (Å²) in [5, 5.41) is 13.0. The van der Waals surface area contributed by atoms with E-state index in [-0.39, 0.29) is 5.56 Å². The molecule has 2 rings (SSSR count). The molecule has 0 radical (unpaired) electrons. The molecule has 0 amide bonds. The fourth-order valence-electron chi connectivity index (χ4n) is 1.19. The predicted molar refractivity (Wildman–Crippen MR) is 59.3 cm³/mol. The lowest BCUT2D eigenvalue weighted by Crippen LogP contribution is -1.95. The van der Waals surface area contributed by atoms with E-state index in [0.29, 0.717) is 17.0 Å².